The summed E-state index contributed by atoms with van der Waals surface area (Å²) >= 11 is 6.45. The first-order chi connectivity index (χ1) is 10.1. The Morgan fingerprint density at radius 1 is 1.52 bits per heavy atom. The molecule has 0 aromatic carbocycles. The van der Waals surface area contributed by atoms with Gasteiger partial charge >= 0.3 is 0 Å². The molecule has 0 saturated carbocycles. The lowest BCUT2D eigenvalue weighted by molar-refractivity contribution is 0.0926. The van der Waals surface area contributed by atoms with E-state index in [9.17, 15) is 0 Å². The van der Waals surface area contributed by atoms with Crippen LogP contribution in [0.1, 0.15) is 32.8 Å². The average molecular weight is 312 g/mol. The Balaban J connectivity index is 2.04. The molecule has 0 bridgehead atoms. The Morgan fingerprint density at radius 2 is 2.33 bits per heavy atom. The van der Waals surface area contributed by atoms with Crippen molar-refractivity contribution < 1.29 is 4.74 Å². The molecule has 0 aliphatic carbocycles. The molecular weight excluding hydrogens is 286 g/mol. The minimum absolute atomic E-state index is 0.369. The lowest BCUT2D eigenvalue weighted by Crippen LogP contribution is -2.45. The molecule has 1 aliphatic rings. The van der Waals surface area contributed by atoms with E-state index in [-0.39, 0.29) is 0 Å². The van der Waals surface area contributed by atoms with Gasteiger partial charge in [0.15, 0.2) is 0 Å². The molecule has 2 heterocycles. The standard InChI is InChI=1S/C16H26ClN3O/c1-4-14-11-21-6-5-20(14)16-15(17)7-13(10-19-16)9-18-8-12(2)3/h7,10,12,14,18H,4-6,8-9,11H2,1-3H3. The normalized spacial score (nSPS) is 19.3. The summed E-state index contributed by atoms with van der Waals surface area (Å²) in [6.07, 6.45) is 2.96. The lowest BCUT2D eigenvalue weighted by atomic mass is 10.1. The summed E-state index contributed by atoms with van der Waals surface area (Å²) in [5.41, 5.74) is 1.13. The molecule has 0 amide bonds. The molecule has 0 spiro atoms. The van der Waals surface area contributed by atoms with Gasteiger partial charge in [-0.1, -0.05) is 32.4 Å². The van der Waals surface area contributed by atoms with E-state index in [1.807, 2.05) is 12.3 Å². The molecule has 0 radical (unpaired) electrons. The molecule has 118 valence electrons. The highest BCUT2D eigenvalue weighted by Gasteiger charge is 2.24. The number of halogens is 1. The van der Waals surface area contributed by atoms with Crippen LogP contribution in [0.5, 0.6) is 0 Å². The second-order valence-electron chi connectivity index (χ2n) is 6.00. The number of pyridine rings is 1. The summed E-state index contributed by atoms with van der Waals surface area (Å²) in [5, 5.41) is 4.15. The molecule has 1 atom stereocenters. The third-order valence-electron chi connectivity index (χ3n) is 3.73. The monoisotopic (exact) mass is 311 g/mol. The maximum atomic E-state index is 6.45. The van der Waals surface area contributed by atoms with Gasteiger partial charge in [0, 0.05) is 19.3 Å². The van der Waals surface area contributed by atoms with Crippen molar-refractivity contribution in [3.05, 3.63) is 22.8 Å². The number of nitrogens with zero attached hydrogens (tertiary/aromatic N) is 2. The van der Waals surface area contributed by atoms with Gasteiger partial charge < -0.3 is 15.0 Å². The SMILES string of the molecule is CCC1COCCN1c1ncc(CNCC(C)C)cc1Cl. The minimum atomic E-state index is 0.369. The first kappa shape index (κ1) is 16.5. The number of hydrogen-bond acceptors (Lipinski definition) is 4. The predicted molar refractivity (Wildman–Crippen MR) is 88.0 cm³/mol. The van der Waals surface area contributed by atoms with Crippen LogP contribution in [-0.2, 0) is 11.3 Å². The van der Waals surface area contributed by atoms with E-state index in [4.69, 9.17) is 16.3 Å². The highest BCUT2D eigenvalue weighted by atomic mass is 35.5. The molecular formula is C16H26ClN3O. The van der Waals surface area contributed by atoms with Gasteiger partial charge in [0.2, 0.25) is 0 Å². The van der Waals surface area contributed by atoms with Crippen molar-refractivity contribution in [2.24, 2.45) is 5.92 Å². The second-order valence-corrected chi connectivity index (χ2v) is 6.41. The molecule has 1 unspecified atom stereocenters. The number of morpholine rings is 1. The Morgan fingerprint density at radius 3 is 3.00 bits per heavy atom. The van der Waals surface area contributed by atoms with Crippen molar-refractivity contribution in [1.82, 2.24) is 10.3 Å². The first-order valence-electron chi connectivity index (χ1n) is 7.81. The molecule has 1 aromatic heterocycles. The zero-order chi connectivity index (χ0) is 15.2. The zero-order valence-corrected chi connectivity index (χ0v) is 14.0. The molecule has 1 aliphatic heterocycles. The molecule has 2 rings (SSSR count). The lowest BCUT2D eigenvalue weighted by Gasteiger charge is -2.36. The highest BCUT2D eigenvalue weighted by Crippen LogP contribution is 2.27. The third-order valence-corrected chi connectivity index (χ3v) is 4.01. The number of rotatable bonds is 6. The summed E-state index contributed by atoms with van der Waals surface area (Å²) < 4.78 is 5.54. The Labute approximate surface area is 132 Å². The largest absolute Gasteiger partial charge is 0.377 e. The van der Waals surface area contributed by atoms with Gasteiger partial charge in [-0.25, -0.2) is 4.98 Å². The molecule has 1 aromatic rings. The summed E-state index contributed by atoms with van der Waals surface area (Å²) in [5.74, 6) is 1.53. The Bertz CT molecular complexity index is 453. The maximum Gasteiger partial charge on any atom is 0.147 e. The van der Waals surface area contributed by atoms with Crippen LogP contribution in [0.3, 0.4) is 0 Å². The van der Waals surface area contributed by atoms with Gasteiger partial charge in [-0.05, 0) is 30.5 Å². The van der Waals surface area contributed by atoms with Gasteiger partial charge in [0.05, 0.1) is 24.3 Å². The van der Waals surface area contributed by atoms with Crippen LogP contribution in [0, 0.1) is 5.92 Å². The average Bonchev–Trinajstić information content (AvgIpc) is 2.47. The zero-order valence-electron chi connectivity index (χ0n) is 13.2. The molecule has 1 saturated heterocycles. The first-order valence-corrected chi connectivity index (χ1v) is 8.19. The summed E-state index contributed by atoms with van der Waals surface area (Å²) in [7, 11) is 0. The van der Waals surface area contributed by atoms with E-state index in [1.54, 1.807) is 0 Å². The fraction of sp³-hybridized carbons (Fsp3) is 0.688. The topological polar surface area (TPSA) is 37.4 Å². The fourth-order valence-corrected chi connectivity index (χ4v) is 2.85. The van der Waals surface area contributed by atoms with Crippen LogP contribution < -0.4 is 10.2 Å². The molecule has 5 heteroatoms. The van der Waals surface area contributed by atoms with Crippen LogP contribution in [0.2, 0.25) is 5.02 Å². The third kappa shape index (κ3) is 4.56. The number of hydrogen-bond donors (Lipinski definition) is 1. The van der Waals surface area contributed by atoms with Crippen molar-refractivity contribution >= 4 is 17.4 Å². The van der Waals surface area contributed by atoms with Crippen molar-refractivity contribution in [3.8, 4) is 0 Å². The number of nitrogens with one attached hydrogen (secondary N) is 1. The molecule has 1 fully saturated rings. The van der Waals surface area contributed by atoms with Crippen LogP contribution >= 0.6 is 11.6 Å². The number of anilines is 1. The van der Waals surface area contributed by atoms with E-state index < -0.39 is 0 Å². The van der Waals surface area contributed by atoms with Crippen molar-refractivity contribution in [1.29, 1.82) is 0 Å². The van der Waals surface area contributed by atoms with Gasteiger partial charge in [-0.3, -0.25) is 0 Å². The molecule has 1 N–H and O–H groups in total. The van der Waals surface area contributed by atoms with Gasteiger partial charge in [0.25, 0.3) is 0 Å². The van der Waals surface area contributed by atoms with E-state index in [1.165, 1.54) is 0 Å². The van der Waals surface area contributed by atoms with E-state index in [0.29, 0.717) is 12.0 Å². The summed E-state index contributed by atoms with van der Waals surface area (Å²) in [6.45, 7) is 10.7. The van der Waals surface area contributed by atoms with Crippen LogP contribution in [0.4, 0.5) is 5.82 Å². The van der Waals surface area contributed by atoms with Crippen LogP contribution in [0.15, 0.2) is 12.3 Å². The Hall–Kier alpha value is -0.840. The number of aromatic nitrogens is 1. The van der Waals surface area contributed by atoms with Crippen LogP contribution in [-0.4, -0.2) is 37.3 Å². The fourth-order valence-electron chi connectivity index (χ4n) is 2.56. The van der Waals surface area contributed by atoms with Crippen LogP contribution in [0.25, 0.3) is 0 Å². The predicted octanol–water partition coefficient (Wildman–Crippen LogP) is 3.10. The summed E-state index contributed by atoms with van der Waals surface area (Å²) in [6, 6.07) is 2.40. The molecule has 21 heavy (non-hydrogen) atoms. The smallest absolute Gasteiger partial charge is 0.147 e. The van der Waals surface area contributed by atoms with Gasteiger partial charge in [-0.2, -0.15) is 0 Å². The Kier molecular flexibility index (Phi) is 6.27. The maximum absolute atomic E-state index is 6.45. The molecule has 4 nitrogen and oxygen atoms in total. The minimum Gasteiger partial charge on any atom is -0.377 e. The van der Waals surface area contributed by atoms with E-state index in [0.717, 1.165) is 55.7 Å². The van der Waals surface area contributed by atoms with Gasteiger partial charge in [-0.15, -0.1) is 0 Å². The van der Waals surface area contributed by atoms with E-state index in [2.05, 4.69) is 36.0 Å². The van der Waals surface area contributed by atoms with Crippen molar-refractivity contribution in [2.45, 2.75) is 39.8 Å². The summed E-state index contributed by atoms with van der Waals surface area (Å²) in [4.78, 5) is 6.87. The highest BCUT2D eigenvalue weighted by molar-refractivity contribution is 6.33. The quantitative estimate of drug-likeness (QED) is 0.876. The van der Waals surface area contributed by atoms with E-state index >= 15 is 0 Å². The number of ether oxygens (including phenoxy) is 1. The second kappa shape index (κ2) is 7.97. The van der Waals surface area contributed by atoms with Crippen molar-refractivity contribution in [3.63, 3.8) is 0 Å². The van der Waals surface area contributed by atoms with Crippen molar-refractivity contribution in [2.75, 3.05) is 31.2 Å². The van der Waals surface area contributed by atoms with Gasteiger partial charge in [0.1, 0.15) is 5.82 Å².